The van der Waals surface area contributed by atoms with Crippen molar-refractivity contribution in [3.8, 4) is 0 Å². The van der Waals surface area contributed by atoms with Gasteiger partial charge in [0.1, 0.15) is 0 Å². The number of hydrogen-bond donors (Lipinski definition) is 3. The van der Waals surface area contributed by atoms with Crippen LogP contribution >= 0.6 is 24.0 Å². The number of aromatic nitrogens is 2. The molecule has 0 saturated heterocycles. The predicted molar refractivity (Wildman–Crippen MR) is 132 cm³/mol. The summed E-state index contributed by atoms with van der Waals surface area (Å²) in [5.41, 5.74) is 3.46. The molecule has 3 rings (SSSR count). The van der Waals surface area contributed by atoms with Gasteiger partial charge in [0.25, 0.3) is 0 Å². The molecule has 3 N–H and O–H groups in total. The number of rotatable bonds is 9. The van der Waals surface area contributed by atoms with E-state index in [2.05, 4.69) is 40.0 Å². The zero-order valence-corrected chi connectivity index (χ0v) is 19.6. The lowest BCUT2D eigenvalue weighted by Crippen LogP contribution is -2.39. The lowest BCUT2D eigenvalue weighted by atomic mass is 10.0. The van der Waals surface area contributed by atoms with E-state index in [1.807, 2.05) is 54.2 Å². The molecule has 0 saturated carbocycles. The molecule has 0 bridgehead atoms. The number of nitrogens with zero attached hydrogens (tertiary/aromatic N) is 3. The smallest absolute Gasteiger partial charge is 0.191 e. The number of guanidine groups is 1. The van der Waals surface area contributed by atoms with E-state index in [9.17, 15) is 5.11 Å². The van der Waals surface area contributed by atoms with E-state index in [0.29, 0.717) is 13.1 Å². The first-order valence-corrected chi connectivity index (χ1v) is 10.0. The van der Waals surface area contributed by atoms with Gasteiger partial charge in [-0.15, -0.1) is 24.0 Å². The first-order valence-electron chi connectivity index (χ1n) is 10.0. The summed E-state index contributed by atoms with van der Waals surface area (Å²) in [5, 5.41) is 20.7. The van der Waals surface area contributed by atoms with Gasteiger partial charge >= 0.3 is 0 Å². The monoisotopic (exact) mass is 519 g/mol. The fraction of sp³-hybridized carbons (Fsp3) is 0.304. The Hall–Kier alpha value is -2.39. The first-order chi connectivity index (χ1) is 14.3. The second-order valence-electron chi connectivity index (χ2n) is 6.89. The molecule has 1 atom stereocenters. The molecule has 0 fully saturated rings. The summed E-state index contributed by atoms with van der Waals surface area (Å²) in [5.74, 6) is 0.775. The number of hydrogen-bond acceptors (Lipinski definition) is 3. The van der Waals surface area contributed by atoms with E-state index in [4.69, 9.17) is 4.99 Å². The highest BCUT2D eigenvalue weighted by atomic mass is 127. The predicted octanol–water partition coefficient (Wildman–Crippen LogP) is 3.38. The molecule has 160 valence electrons. The molecule has 30 heavy (non-hydrogen) atoms. The summed E-state index contributed by atoms with van der Waals surface area (Å²) in [4.78, 5) is 4.71. The quantitative estimate of drug-likeness (QED) is 0.230. The number of nitrogens with one attached hydrogen (secondary N) is 2. The average Bonchev–Trinajstić information content (AvgIpc) is 3.26. The third kappa shape index (κ3) is 7.46. The number of aliphatic imine (C=N–C) groups is 1. The van der Waals surface area contributed by atoms with E-state index in [1.165, 1.54) is 5.56 Å². The third-order valence-corrected chi connectivity index (χ3v) is 4.67. The van der Waals surface area contributed by atoms with Crippen molar-refractivity contribution >= 4 is 29.9 Å². The van der Waals surface area contributed by atoms with Crippen LogP contribution in [0.5, 0.6) is 0 Å². The van der Waals surface area contributed by atoms with Gasteiger partial charge in [-0.1, -0.05) is 54.6 Å². The van der Waals surface area contributed by atoms with E-state index in [-0.39, 0.29) is 36.5 Å². The van der Waals surface area contributed by atoms with Gasteiger partial charge in [0, 0.05) is 31.4 Å². The van der Waals surface area contributed by atoms with Crippen LogP contribution in [0, 0.1) is 0 Å². The zero-order chi connectivity index (χ0) is 20.3. The van der Waals surface area contributed by atoms with Crippen molar-refractivity contribution in [2.45, 2.75) is 25.9 Å². The van der Waals surface area contributed by atoms with Gasteiger partial charge in [-0.2, -0.15) is 5.10 Å². The van der Waals surface area contributed by atoms with Gasteiger partial charge in [0.15, 0.2) is 5.96 Å². The minimum atomic E-state index is 0. The van der Waals surface area contributed by atoms with Crippen molar-refractivity contribution < 1.29 is 5.11 Å². The van der Waals surface area contributed by atoms with Crippen LogP contribution < -0.4 is 10.6 Å². The molecule has 0 radical (unpaired) electrons. The highest BCUT2D eigenvalue weighted by molar-refractivity contribution is 14.0. The summed E-state index contributed by atoms with van der Waals surface area (Å²) in [6.07, 6.45) is 3.75. The molecule has 1 unspecified atom stereocenters. The zero-order valence-electron chi connectivity index (χ0n) is 17.2. The highest BCUT2D eigenvalue weighted by Crippen LogP contribution is 2.13. The summed E-state index contributed by atoms with van der Waals surface area (Å²) in [6, 6.07) is 20.4. The van der Waals surface area contributed by atoms with Gasteiger partial charge in [0.2, 0.25) is 0 Å². The molecule has 3 aromatic rings. The van der Waals surface area contributed by atoms with Gasteiger partial charge in [-0.05, 0) is 29.7 Å². The van der Waals surface area contributed by atoms with Crippen molar-refractivity contribution in [3.63, 3.8) is 0 Å². The molecule has 6 nitrogen and oxygen atoms in total. The lowest BCUT2D eigenvalue weighted by molar-refractivity contribution is 0.265. The molecular formula is C23H30IN5O. The normalized spacial score (nSPS) is 12.1. The molecule has 7 heteroatoms. The fourth-order valence-corrected chi connectivity index (χ4v) is 3.15. The number of benzene rings is 2. The number of aliphatic hydroxyl groups excluding tert-OH is 1. The maximum absolute atomic E-state index is 9.76. The Bertz CT molecular complexity index is 884. The standard InChI is InChI=1S/C23H29N5O.HI/c1-2-24-23(26-16-22(18-29)21-10-4-3-5-11-21)25-15-19-8-6-9-20(14-19)17-28-13-7-12-27-28;/h3-14,22,29H,2,15-18H2,1H3,(H2,24,25,26);1H. The van der Waals surface area contributed by atoms with Gasteiger partial charge in [-0.25, -0.2) is 4.99 Å². The second kappa shape index (κ2) is 13.0. The number of halogens is 1. The summed E-state index contributed by atoms with van der Waals surface area (Å²) < 4.78 is 1.91. The molecule has 0 aliphatic heterocycles. The van der Waals surface area contributed by atoms with Crippen molar-refractivity contribution in [1.29, 1.82) is 0 Å². The molecule has 0 amide bonds. The van der Waals surface area contributed by atoms with E-state index >= 15 is 0 Å². The van der Waals surface area contributed by atoms with Crippen LogP contribution in [-0.2, 0) is 13.1 Å². The van der Waals surface area contributed by atoms with Crippen LogP contribution in [0.15, 0.2) is 78.0 Å². The van der Waals surface area contributed by atoms with Crippen LogP contribution in [0.4, 0.5) is 0 Å². The Balaban J connectivity index is 0.00000320. The highest BCUT2D eigenvalue weighted by Gasteiger charge is 2.10. The van der Waals surface area contributed by atoms with E-state index in [1.54, 1.807) is 6.20 Å². The largest absolute Gasteiger partial charge is 0.396 e. The molecule has 0 spiro atoms. The first kappa shape index (κ1) is 23.9. The Morgan fingerprint density at radius 3 is 2.57 bits per heavy atom. The van der Waals surface area contributed by atoms with Crippen LogP contribution in [0.1, 0.15) is 29.5 Å². The van der Waals surface area contributed by atoms with E-state index in [0.717, 1.165) is 30.2 Å². The molecule has 0 aliphatic rings. The van der Waals surface area contributed by atoms with Crippen molar-refractivity contribution in [2.24, 2.45) is 4.99 Å². The summed E-state index contributed by atoms with van der Waals surface area (Å²) in [6.45, 7) is 4.86. The van der Waals surface area contributed by atoms with Crippen LogP contribution in [-0.4, -0.2) is 40.5 Å². The van der Waals surface area contributed by atoms with Crippen molar-refractivity contribution in [1.82, 2.24) is 20.4 Å². The SMILES string of the molecule is CCNC(=NCc1cccc(Cn2cccn2)c1)NCC(CO)c1ccccc1.I. The lowest BCUT2D eigenvalue weighted by Gasteiger charge is -2.18. The Morgan fingerprint density at radius 1 is 1.07 bits per heavy atom. The Kier molecular flexibility index (Phi) is 10.4. The fourth-order valence-electron chi connectivity index (χ4n) is 3.15. The maximum atomic E-state index is 9.76. The molecule has 2 aromatic carbocycles. The Morgan fingerprint density at radius 2 is 1.87 bits per heavy atom. The number of aliphatic hydroxyl groups is 1. The molecule has 0 aliphatic carbocycles. The van der Waals surface area contributed by atoms with Gasteiger partial charge in [0.05, 0.1) is 19.7 Å². The van der Waals surface area contributed by atoms with Gasteiger partial charge in [-0.3, -0.25) is 4.68 Å². The Labute approximate surface area is 195 Å². The molecular weight excluding hydrogens is 489 g/mol. The minimum Gasteiger partial charge on any atom is -0.396 e. The van der Waals surface area contributed by atoms with Crippen LogP contribution in [0.3, 0.4) is 0 Å². The maximum Gasteiger partial charge on any atom is 0.191 e. The molecule has 1 heterocycles. The summed E-state index contributed by atoms with van der Waals surface area (Å²) >= 11 is 0. The van der Waals surface area contributed by atoms with Gasteiger partial charge < -0.3 is 15.7 Å². The molecule has 1 aromatic heterocycles. The van der Waals surface area contributed by atoms with Crippen molar-refractivity contribution in [2.75, 3.05) is 19.7 Å². The average molecular weight is 519 g/mol. The van der Waals surface area contributed by atoms with Crippen LogP contribution in [0.25, 0.3) is 0 Å². The van der Waals surface area contributed by atoms with Crippen molar-refractivity contribution in [3.05, 3.63) is 89.7 Å². The second-order valence-corrected chi connectivity index (χ2v) is 6.89. The minimum absolute atomic E-state index is 0. The van der Waals surface area contributed by atoms with Crippen LogP contribution in [0.2, 0.25) is 0 Å². The topological polar surface area (TPSA) is 74.5 Å². The summed E-state index contributed by atoms with van der Waals surface area (Å²) in [7, 11) is 0. The van der Waals surface area contributed by atoms with E-state index < -0.39 is 0 Å². The third-order valence-electron chi connectivity index (χ3n) is 4.67.